The van der Waals surface area contributed by atoms with Crippen LogP contribution in [-0.2, 0) is 26.2 Å². The Labute approximate surface area is 240 Å². The van der Waals surface area contributed by atoms with Gasteiger partial charge < -0.3 is 10.2 Å². The van der Waals surface area contributed by atoms with Crippen molar-refractivity contribution in [3.05, 3.63) is 93.5 Å². The minimum absolute atomic E-state index is 0.0483. The van der Waals surface area contributed by atoms with Crippen molar-refractivity contribution in [3.8, 4) is 0 Å². The lowest BCUT2D eigenvalue weighted by Gasteiger charge is -2.32. The maximum atomic E-state index is 14.0. The number of hydrogen-bond donors (Lipinski definition) is 1. The average molecular weight is 591 g/mol. The normalized spacial score (nSPS) is 12.1. The molecule has 0 aliphatic rings. The molecule has 3 rings (SSSR count). The van der Waals surface area contributed by atoms with Gasteiger partial charge >= 0.3 is 0 Å². The van der Waals surface area contributed by atoms with E-state index in [1.54, 1.807) is 62.4 Å². The third kappa shape index (κ3) is 7.32. The molecule has 2 amide bonds. The molecule has 0 saturated heterocycles. The first kappa shape index (κ1) is 30.5. The van der Waals surface area contributed by atoms with Gasteiger partial charge in [0, 0.05) is 28.7 Å². The van der Waals surface area contributed by atoms with Crippen LogP contribution in [0, 0.1) is 13.8 Å². The average Bonchev–Trinajstić information content (AvgIpc) is 2.90. The Hall–Kier alpha value is -3.07. The summed E-state index contributed by atoms with van der Waals surface area (Å²) in [4.78, 5) is 28.3. The molecule has 3 aromatic rings. The van der Waals surface area contributed by atoms with Crippen molar-refractivity contribution in [1.29, 1.82) is 0 Å². The van der Waals surface area contributed by atoms with E-state index in [1.165, 1.54) is 17.0 Å². The van der Waals surface area contributed by atoms with E-state index >= 15 is 0 Å². The summed E-state index contributed by atoms with van der Waals surface area (Å²) in [5.41, 5.74) is 2.48. The summed E-state index contributed by atoms with van der Waals surface area (Å²) in [6.07, 6.45) is 0.721. The molecule has 0 spiro atoms. The molecular formula is C29H33Cl2N3O4S. The van der Waals surface area contributed by atoms with E-state index in [0.717, 1.165) is 16.3 Å². The van der Waals surface area contributed by atoms with E-state index in [1.807, 2.05) is 19.9 Å². The molecule has 0 radical (unpaired) electrons. The summed E-state index contributed by atoms with van der Waals surface area (Å²) in [6.45, 7) is 7.05. The zero-order valence-corrected chi connectivity index (χ0v) is 24.8. The van der Waals surface area contributed by atoms with Crippen LogP contribution in [-0.4, -0.2) is 44.3 Å². The van der Waals surface area contributed by atoms with Gasteiger partial charge in [-0.25, -0.2) is 8.42 Å². The number of aryl methyl sites for hydroxylation is 2. The van der Waals surface area contributed by atoms with Gasteiger partial charge in [0.05, 0.1) is 10.6 Å². The van der Waals surface area contributed by atoms with Crippen LogP contribution >= 0.6 is 23.2 Å². The summed E-state index contributed by atoms with van der Waals surface area (Å²) < 4.78 is 28.8. The standard InChI is InChI=1S/C29H33Cl2N3O4S/c1-5-16-32-29(36)22(4)33(18-24-25(30)12-9-13-26(24)31)28(35)19-34(27-15-14-20(2)17-21(27)3)39(37,38)23-10-7-6-8-11-23/h6-15,17,22H,5,16,18-19H2,1-4H3,(H,32,36). The topological polar surface area (TPSA) is 86.8 Å². The van der Waals surface area contributed by atoms with Crippen LogP contribution in [0.3, 0.4) is 0 Å². The van der Waals surface area contributed by atoms with Gasteiger partial charge in [-0.15, -0.1) is 0 Å². The Kier molecular flexibility index (Phi) is 10.4. The number of carbonyl (C=O) groups excluding carboxylic acids is 2. The van der Waals surface area contributed by atoms with Gasteiger partial charge in [-0.1, -0.05) is 72.1 Å². The van der Waals surface area contributed by atoms with Crippen LogP contribution in [0.5, 0.6) is 0 Å². The first-order valence-corrected chi connectivity index (χ1v) is 14.8. The Bertz CT molecular complexity index is 1410. The van der Waals surface area contributed by atoms with Crippen molar-refractivity contribution in [2.24, 2.45) is 0 Å². The van der Waals surface area contributed by atoms with Crippen LogP contribution in [0.4, 0.5) is 5.69 Å². The zero-order valence-electron chi connectivity index (χ0n) is 22.4. The van der Waals surface area contributed by atoms with Crippen LogP contribution in [0.2, 0.25) is 10.0 Å². The molecule has 3 aromatic carbocycles. The lowest BCUT2D eigenvalue weighted by atomic mass is 10.1. The lowest BCUT2D eigenvalue weighted by molar-refractivity contribution is -0.139. The highest BCUT2D eigenvalue weighted by Gasteiger charge is 2.33. The lowest BCUT2D eigenvalue weighted by Crippen LogP contribution is -2.51. The largest absolute Gasteiger partial charge is 0.354 e. The molecule has 7 nitrogen and oxygen atoms in total. The first-order chi connectivity index (χ1) is 18.5. The van der Waals surface area contributed by atoms with Gasteiger partial charge in [0.2, 0.25) is 11.8 Å². The Morgan fingerprint density at radius 2 is 1.59 bits per heavy atom. The van der Waals surface area contributed by atoms with Crippen LogP contribution in [0.25, 0.3) is 0 Å². The minimum atomic E-state index is -4.13. The molecular weight excluding hydrogens is 557 g/mol. The van der Waals surface area contributed by atoms with Crippen molar-refractivity contribution < 1.29 is 18.0 Å². The molecule has 1 N–H and O–H groups in total. The SMILES string of the molecule is CCCNC(=O)C(C)N(Cc1c(Cl)cccc1Cl)C(=O)CN(c1ccc(C)cc1C)S(=O)(=O)c1ccccc1. The molecule has 1 atom stereocenters. The van der Waals surface area contributed by atoms with Crippen LogP contribution in [0.15, 0.2) is 71.6 Å². The second-order valence-corrected chi connectivity index (χ2v) is 12.0. The van der Waals surface area contributed by atoms with E-state index in [0.29, 0.717) is 33.4 Å². The molecule has 0 aromatic heterocycles. The van der Waals surface area contributed by atoms with Crippen LogP contribution in [0.1, 0.15) is 37.0 Å². The molecule has 0 saturated carbocycles. The molecule has 0 fully saturated rings. The maximum absolute atomic E-state index is 14.0. The first-order valence-electron chi connectivity index (χ1n) is 12.6. The second kappa shape index (κ2) is 13.3. The monoisotopic (exact) mass is 589 g/mol. The van der Waals surface area contributed by atoms with Crippen molar-refractivity contribution in [1.82, 2.24) is 10.2 Å². The predicted molar refractivity (Wildman–Crippen MR) is 157 cm³/mol. The Morgan fingerprint density at radius 3 is 2.18 bits per heavy atom. The molecule has 1 unspecified atom stereocenters. The summed E-state index contributed by atoms with van der Waals surface area (Å²) in [5.74, 6) is -0.943. The Balaban J connectivity index is 2.08. The molecule has 0 aliphatic heterocycles. The van der Waals surface area contributed by atoms with Gasteiger partial charge in [-0.3, -0.25) is 13.9 Å². The summed E-state index contributed by atoms with van der Waals surface area (Å²) >= 11 is 12.8. The highest BCUT2D eigenvalue weighted by molar-refractivity contribution is 7.92. The number of benzene rings is 3. The summed E-state index contributed by atoms with van der Waals surface area (Å²) in [6, 6.07) is 17.3. The number of rotatable bonds is 11. The fraction of sp³-hybridized carbons (Fsp3) is 0.310. The van der Waals surface area contributed by atoms with E-state index in [2.05, 4.69) is 5.32 Å². The van der Waals surface area contributed by atoms with Gasteiger partial charge in [0.25, 0.3) is 10.0 Å². The van der Waals surface area contributed by atoms with E-state index < -0.39 is 28.5 Å². The van der Waals surface area contributed by atoms with Gasteiger partial charge in [-0.2, -0.15) is 0 Å². The van der Waals surface area contributed by atoms with Crippen LogP contribution < -0.4 is 9.62 Å². The maximum Gasteiger partial charge on any atom is 0.264 e. The summed E-state index contributed by atoms with van der Waals surface area (Å²) in [5, 5.41) is 3.48. The molecule has 0 bridgehead atoms. The predicted octanol–water partition coefficient (Wildman–Crippen LogP) is 5.75. The number of amides is 2. The van der Waals surface area contributed by atoms with Gasteiger partial charge in [0.15, 0.2) is 0 Å². The van der Waals surface area contributed by atoms with Gasteiger partial charge in [0.1, 0.15) is 12.6 Å². The molecule has 39 heavy (non-hydrogen) atoms. The number of carbonyl (C=O) groups is 2. The number of halogens is 2. The number of anilines is 1. The van der Waals surface area contributed by atoms with E-state index in [4.69, 9.17) is 23.2 Å². The number of nitrogens with one attached hydrogen (secondary N) is 1. The second-order valence-electron chi connectivity index (χ2n) is 9.30. The minimum Gasteiger partial charge on any atom is -0.354 e. The third-order valence-electron chi connectivity index (χ3n) is 6.34. The third-order valence-corrected chi connectivity index (χ3v) is 8.82. The fourth-order valence-corrected chi connectivity index (χ4v) is 6.17. The molecule has 0 aliphatic carbocycles. The highest BCUT2D eigenvalue weighted by Crippen LogP contribution is 2.30. The van der Waals surface area contributed by atoms with E-state index in [9.17, 15) is 18.0 Å². The molecule has 10 heteroatoms. The number of sulfonamides is 1. The van der Waals surface area contributed by atoms with E-state index in [-0.39, 0.29) is 17.3 Å². The van der Waals surface area contributed by atoms with Crippen molar-refractivity contribution in [3.63, 3.8) is 0 Å². The molecule has 0 heterocycles. The number of nitrogens with zero attached hydrogens (tertiary/aromatic N) is 2. The van der Waals surface area contributed by atoms with Crippen molar-refractivity contribution in [2.45, 2.75) is 51.6 Å². The smallest absolute Gasteiger partial charge is 0.264 e. The molecule has 208 valence electrons. The van der Waals surface area contributed by atoms with Crippen molar-refractivity contribution in [2.75, 3.05) is 17.4 Å². The van der Waals surface area contributed by atoms with Gasteiger partial charge in [-0.05, 0) is 63.1 Å². The number of hydrogen-bond acceptors (Lipinski definition) is 4. The van der Waals surface area contributed by atoms with Crippen molar-refractivity contribution >= 4 is 50.7 Å². The quantitative estimate of drug-likeness (QED) is 0.308. The fourth-order valence-electron chi connectivity index (χ4n) is 4.15. The Morgan fingerprint density at radius 1 is 0.949 bits per heavy atom. The zero-order chi connectivity index (χ0) is 28.7. The highest BCUT2D eigenvalue weighted by atomic mass is 35.5. The summed E-state index contributed by atoms with van der Waals surface area (Å²) in [7, 11) is -4.13.